The van der Waals surface area contributed by atoms with Crippen LogP contribution in [-0.2, 0) is 25.9 Å². The number of ether oxygens (including phenoxy) is 1. The van der Waals surface area contributed by atoms with E-state index in [1.54, 1.807) is 7.11 Å². The van der Waals surface area contributed by atoms with E-state index >= 15 is 0 Å². The maximum absolute atomic E-state index is 8.96. The van der Waals surface area contributed by atoms with Gasteiger partial charge in [-0.1, -0.05) is 186 Å². The molecule has 0 atom stereocenters. The van der Waals surface area contributed by atoms with Gasteiger partial charge in [0.2, 0.25) is 0 Å². The van der Waals surface area contributed by atoms with E-state index in [1.807, 2.05) is 66.7 Å². The molecule has 0 saturated heterocycles. The monoisotopic (exact) mass is 1190 g/mol. The summed E-state index contributed by atoms with van der Waals surface area (Å²) >= 11 is 10.4. The number of halogens is 3. The number of H-pyrrole nitrogens is 2. The number of benzene rings is 10. The lowest BCUT2D eigenvalue weighted by molar-refractivity contribution is 0.282. The fraction of sp³-hybridized carbons (Fsp3) is 0.104. The van der Waals surface area contributed by atoms with Gasteiger partial charge in [-0.2, -0.15) is 0 Å². The van der Waals surface area contributed by atoms with Crippen molar-refractivity contribution in [3.05, 3.63) is 288 Å². The molecule has 76 heavy (non-hydrogen) atoms. The van der Waals surface area contributed by atoms with Crippen LogP contribution in [0, 0.1) is 13.8 Å². The number of aromatic amines is 2. The van der Waals surface area contributed by atoms with E-state index in [0.717, 1.165) is 77.2 Å². The van der Waals surface area contributed by atoms with Gasteiger partial charge in [-0.25, -0.2) is 0 Å². The van der Waals surface area contributed by atoms with Crippen LogP contribution in [0.3, 0.4) is 0 Å². The fourth-order valence-electron chi connectivity index (χ4n) is 8.58. The number of rotatable bonds is 8. The van der Waals surface area contributed by atoms with Crippen LogP contribution in [0.2, 0.25) is 0 Å². The van der Waals surface area contributed by atoms with Gasteiger partial charge >= 0.3 is 0 Å². The number of hydrogen-bond donors (Lipinski definition) is 5. The van der Waals surface area contributed by atoms with Crippen molar-refractivity contribution < 1.29 is 9.84 Å². The summed E-state index contributed by atoms with van der Waals surface area (Å²) in [6.45, 7) is 4.34. The Kier molecular flexibility index (Phi) is 19.4. The highest BCUT2D eigenvalue weighted by atomic mass is 79.9. The van der Waals surface area contributed by atoms with Crippen LogP contribution in [-0.4, -0.2) is 22.2 Å². The number of hydrogen-bond acceptors (Lipinski definition) is 4. The Hall–Kier alpha value is -7.40. The molecule has 7 N–H and O–H groups in total. The first-order valence-corrected chi connectivity index (χ1v) is 27.4. The summed E-state index contributed by atoms with van der Waals surface area (Å²) in [6, 6.07) is 76.8. The van der Waals surface area contributed by atoms with Crippen molar-refractivity contribution in [2.45, 2.75) is 39.7 Å². The van der Waals surface area contributed by atoms with Crippen LogP contribution in [0.4, 0.5) is 11.4 Å². The normalized spacial score (nSPS) is 10.6. The summed E-state index contributed by atoms with van der Waals surface area (Å²) in [5.41, 5.74) is 29.1. The molecule has 0 radical (unpaired) electrons. The fourth-order valence-corrected chi connectivity index (χ4v) is 9.47. The van der Waals surface area contributed by atoms with Crippen LogP contribution in [0.15, 0.2) is 238 Å². The lowest BCUT2D eigenvalue weighted by atomic mass is 10.0. The molecule has 0 amide bonds. The first kappa shape index (κ1) is 54.8. The predicted octanol–water partition coefficient (Wildman–Crippen LogP) is 18.0. The molecule has 0 aliphatic heterocycles. The molecule has 382 valence electrons. The van der Waals surface area contributed by atoms with E-state index in [0.29, 0.717) is 0 Å². The zero-order chi connectivity index (χ0) is 53.4. The molecule has 12 aromatic rings. The number of para-hydroxylation sites is 1. The number of aromatic nitrogens is 2. The van der Waals surface area contributed by atoms with E-state index in [2.05, 4.69) is 229 Å². The van der Waals surface area contributed by atoms with Crippen LogP contribution < -0.4 is 16.2 Å². The summed E-state index contributed by atoms with van der Waals surface area (Å²) in [6.07, 6.45) is 2.91. The van der Waals surface area contributed by atoms with Crippen molar-refractivity contribution in [1.29, 1.82) is 0 Å². The first-order chi connectivity index (χ1) is 36.9. The molecule has 2 aromatic heterocycles. The standard InChI is InChI=1S/C15H16O2.C15H16.C13H10Br2.C12H8BrN.C12H11N3/c1-17-15-8-6-13(7-9-15)10-12-2-4-14(11-16)5-3-12;1-12-3-7-14(8-4-12)11-15-9-5-13(2)6-10-15;14-12-5-1-10(2-6-12)9-11-3-7-13(15)8-4-11;13-8-5-6-12-10(7-8)9-3-1-2-4-11(9)14-12;13-7-1-3-11-9(5-7)10-6-8(14)2-4-12(10)15-11/h2-9,16H,10-11H2,1H3;3-10H,11H2,1-2H3;1-8H,9H2;1-7,14H;1-6,15H,13-14H2. The van der Waals surface area contributed by atoms with Gasteiger partial charge in [-0.3, -0.25) is 0 Å². The Bertz CT molecular complexity index is 3460. The Morgan fingerprint density at radius 1 is 0.368 bits per heavy atom. The van der Waals surface area contributed by atoms with Gasteiger partial charge < -0.3 is 31.3 Å². The van der Waals surface area contributed by atoms with E-state index < -0.39 is 0 Å². The smallest absolute Gasteiger partial charge is 0.118 e. The number of methoxy groups -OCH3 is 1. The molecule has 12 rings (SSSR count). The highest BCUT2D eigenvalue weighted by molar-refractivity contribution is 9.11. The van der Waals surface area contributed by atoms with Gasteiger partial charge in [0, 0.05) is 68.4 Å². The third-order valence-corrected chi connectivity index (χ3v) is 14.3. The summed E-state index contributed by atoms with van der Waals surface area (Å²) in [5.74, 6) is 0.879. The van der Waals surface area contributed by atoms with Gasteiger partial charge in [0.1, 0.15) is 5.75 Å². The lowest BCUT2D eigenvalue weighted by Crippen LogP contribution is -1.90. The largest absolute Gasteiger partial charge is 0.497 e. The maximum Gasteiger partial charge on any atom is 0.118 e. The predicted molar refractivity (Wildman–Crippen MR) is 333 cm³/mol. The molecule has 2 heterocycles. The van der Waals surface area contributed by atoms with Crippen molar-refractivity contribution in [2.24, 2.45) is 0 Å². The second-order valence-corrected chi connectivity index (χ2v) is 21.4. The number of anilines is 2. The quantitative estimate of drug-likeness (QED) is 0.0976. The molecule has 10 aromatic carbocycles. The molecular formula is C67H61Br3N4O2. The number of fused-ring (bicyclic) bond motifs is 6. The summed E-state index contributed by atoms with van der Waals surface area (Å²) in [5, 5.41) is 13.8. The minimum Gasteiger partial charge on any atom is -0.497 e. The molecule has 0 bridgehead atoms. The highest BCUT2D eigenvalue weighted by Crippen LogP contribution is 2.29. The molecule has 0 aliphatic carbocycles. The van der Waals surface area contributed by atoms with E-state index in [1.165, 1.54) is 66.3 Å². The minimum absolute atomic E-state index is 0.100. The van der Waals surface area contributed by atoms with Crippen molar-refractivity contribution in [2.75, 3.05) is 18.6 Å². The number of aryl methyl sites for hydroxylation is 2. The van der Waals surface area contributed by atoms with E-state index in [4.69, 9.17) is 21.3 Å². The lowest BCUT2D eigenvalue weighted by Gasteiger charge is -2.04. The zero-order valence-corrected chi connectivity index (χ0v) is 47.6. The van der Waals surface area contributed by atoms with Crippen LogP contribution in [0.25, 0.3) is 43.6 Å². The first-order valence-electron chi connectivity index (χ1n) is 25.0. The molecule has 0 spiro atoms. The van der Waals surface area contributed by atoms with Gasteiger partial charge in [0.25, 0.3) is 0 Å². The van der Waals surface area contributed by atoms with Crippen molar-refractivity contribution in [3.8, 4) is 5.75 Å². The second kappa shape index (κ2) is 26.9. The molecule has 6 nitrogen and oxygen atoms in total. The van der Waals surface area contributed by atoms with Crippen molar-refractivity contribution >= 4 is 103 Å². The van der Waals surface area contributed by atoms with Crippen LogP contribution in [0.1, 0.15) is 50.1 Å². The number of nitrogens with two attached hydrogens (primary N) is 2. The maximum atomic E-state index is 8.96. The van der Waals surface area contributed by atoms with Crippen molar-refractivity contribution in [3.63, 3.8) is 0 Å². The molecule has 0 aliphatic rings. The summed E-state index contributed by atoms with van der Waals surface area (Å²) < 4.78 is 8.50. The third-order valence-electron chi connectivity index (χ3n) is 12.8. The van der Waals surface area contributed by atoms with Gasteiger partial charge in [0.15, 0.2) is 0 Å². The number of aliphatic hydroxyl groups excluding tert-OH is 1. The van der Waals surface area contributed by atoms with Crippen LogP contribution in [0.5, 0.6) is 5.75 Å². The third kappa shape index (κ3) is 15.8. The minimum atomic E-state index is 0.100. The molecule has 0 unspecified atom stereocenters. The average molecular weight is 1190 g/mol. The Morgan fingerprint density at radius 3 is 1.12 bits per heavy atom. The molecule has 9 heteroatoms. The summed E-state index contributed by atoms with van der Waals surface area (Å²) in [7, 11) is 1.67. The number of aliphatic hydroxyl groups is 1. The average Bonchev–Trinajstić information content (AvgIpc) is 4.00. The van der Waals surface area contributed by atoms with Gasteiger partial charge in [0.05, 0.1) is 13.7 Å². The number of nitrogens with one attached hydrogen (secondary N) is 2. The number of nitrogen functional groups attached to an aromatic ring is 2. The van der Waals surface area contributed by atoms with Crippen molar-refractivity contribution in [1.82, 2.24) is 9.97 Å². The SMILES string of the molecule is Brc1ccc(Cc2ccc(Br)cc2)cc1.Brc1ccc2[nH]c3ccccc3c2c1.COc1ccc(Cc2ccc(CO)cc2)cc1.Cc1ccc(Cc2ccc(C)cc2)cc1.Nc1ccc2[nH]c3ccc(N)cc3c2c1. The Morgan fingerprint density at radius 2 is 0.697 bits per heavy atom. The zero-order valence-electron chi connectivity index (χ0n) is 42.8. The van der Waals surface area contributed by atoms with Gasteiger partial charge in [-0.15, -0.1) is 0 Å². The summed E-state index contributed by atoms with van der Waals surface area (Å²) in [4.78, 5) is 6.71. The molecular weight excluding hydrogens is 1130 g/mol. The highest BCUT2D eigenvalue weighted by Gasteiger charge is 2.06. The van der Waals surface area contributed by atoms with E-state index in [9.17, 15) is 0 Å². The second-order valence-electron chi connectivity index (χ2n) is 18.7. The van der Waals surface area contributed by atoms with Gasteiger partial charge in [-0.05, 0) is 169 Å². The molecule has 0 saturated carbocycles. The molecule has 0 fully saturated rings. The van der Waals surface area contributed by atoms with E-state index in [-0.39, 0.29) is 6.61 Å². The Balaban J connectivity index is 0.000000126. The van der Waals surface area contributed by atoms with Crippen LogP contribution >= 0.6 is 47.8 Å². The topological polar surface area (TPSA) is 113 Å². The Labute approximate surface area is 471 Å².